The third kappa shape index (κ3) is 3.60. The zero-order valence-electron chi connectivity index (χ0n) is 15.2. The van der Waals surface area contributed by atoms with Gasteiger partial charge in [-0.15, -0.1) is 0 Å². The Morgan fingerprint density at radius 3 is 2.62 bits per heavy atom. The van der Waals surface area contributed by atoms with Gasteiger partial charge in [-0.1, -0.05) is 0 Å². The Morgan fingerprint density at radius 2 is 2.08 bits per heavy atom. The topological polar surface area (TPSA) is 103 Å². The number of nitrogens with zero attached hydrogens (tertiary/aromatic N) is 2. The molecular formula is C18H25N3O5. The van der Waals surface area contributed by atoms with E-state index in [1.807, 2.05) is 9.80 Å². The standard InChI is InChI=1S/C18H25N3O5/c1-12(22)20-5-3-18(4-6-20)8-14(17(24)25)21(11-18)10-13-7-15(23)16(26-2)9-19-13/h7,9,14H,3-6,8,10-11H2,1-2H3,(H,19,23)(H,24,25)/t14-/m0/s1. The Balaban J connectivity index is 1.74. The summed E-state index contributed by atoms with van der Waals surface area (Å²) in [5.41, 5.74) is 0.360. The van der Waals surface area contributed by atoms with Gasteiger partial charge in [-0.3, -0.25) is 19.3 Å². The third-order valence-corrected chi connectivity index (χ3v) is 5.69. The van der Waals surface area contributed by atoms with Crippen molar-refractivity contribution in [2.75, 3.05) is 26.7 Å². The number of hydrogen-bond acceptors (Lipinski definition) is 5. The highest BCUT2D eigenvalue weighted by molar-refractivity contribution is 5.74. The molecule has 8 nitrogen and oxygen atoms in total. The fourth-order valence-corrected chi connectivity index (χ4v) is 4.18. The molecule has 1 amide bonds. The molecule has 2 aliphatic heterocycles. The first-order valence-electron chi connectivity index (χ1n) is 8.81. The molecule has 2 aliphatic rings. The number of rotatable bonds is 4. The van der Waals surface area contributed by atoms with Crippen molar-refractivity contribution < 1.29 is 19.4 Å². The van der Waals surface area contributed by atoms with Crippen LogP contribution >= 0.6 is 0 Å². The molecule has 2 N–H and O–H groups in total. The second kappa shape index (κ2) is 7.11. The van der Waals surface area contributed by atoms with Crippen molar-refractivity contribution in [2.24, 2.45) is 5.41 Å². The highest BCUT2D eigenvalue weighted by Crippen LogP contribution is 2.43. The summed E-state index contributed by atoms with van der Waals surface area (Å²) >= 11 is 0. The summed E-state index contributed by atoms with van der Waals surface area (Å²) < 4.78 is 4.97. The van der Waals surface area contributed by atoms with Crippen LogP contribution in [0.15, 0.2) is 17.1 Å². The predicted molar refractivity (Wildman–Crippen MR) is 94.0 cm³/mol. The van der Waals surface area contributed by atoms with E-state index in [0.29, 0.717) is 38.3 Å². The second-order valence-electron chi connectivity index (χ2n) is 7.36. The van der Waals surface area contributed by atoms with E-state index >= 15 is 0 Å². The highest BCUT2D eigenvalue weighted by atomic mass is 16.5. The number of piperidine rings is 1. The van der Waals surface area contributed by atoms with Crippen LogP contribution in [0.4, 0.5) is 0 Å². The van der Waals surface area contributed by atoms with Crippen LogP contribution in [-0.2, 0) is 16.1 Å². The number of nitrogens with one attached hydrogen (secondary N) is 1. The number of aliphatic carboxylic acids is 1. The maximum atomic E-state index is 11.9. The van der Waals surface area contributed by atoms with Crippen LogP contribution in [0, 0.1) is 5.41 Å². The largest absolute Gasteiger partial charge is 0.491 e. The zero-order chi connectivity index (χ0) is 18.9. The lowest BCUT2D eigenvalue weighted by atomic mass is 9.76. The summed E-state index contributed by atoms with van der Waals surface area (Å²) in [7, 11) is 1.43. The van der Waals surface area contributed by atoms with E-state index in [0.717, 1.165) is 12.8 Å². The van der Waals surface area contributed by atoms with Crippen molar-refractivity contribution in [3.05, 3.63) is 28.2 Å². The van der Waals surface area contributed by atoms with Gasteiger partial charge < -0.3 is 19.7 Å². The number of carbonyl (C=O) groups excluding carboxylic acids is 1. The first kappa shape index (κ1) is 18.4. The number of carboxylic acid groups (broad SMARTS) is 1. The zero-order valence-corrected chi connectivity index (χ0v) is 15.2. The Bertz CT molecular complexity index is 751. The molecule has 0 unspecified atom stereocenters. The minimum Gasteiger partial charge on any atom is -0.491 e. The van der Waals surface area contributed by atoms with E-state index in [2.05, 4.69) is 4.98 Å². The number of methoxy groups -OCH3 is 1. The van der Waals surface area contributed by atoms with Crippen LogP contribution in [0.5, 0.6) is 5.75 Å². The molecule has 8 heteroatoms. The molecule has 0 aliphatic carbocycles. The number of likely N-dealkylation sites (tertiary alicyclic amines) is 2. The molecule has 0 bridgehead atoms. The minimum absolute atomic E-state index is 0.0697. The van der Waals surface area contributed by atoms with Crippen molar-refractivity contribution in [1.82, 2.24) is 14.8 Å². The molecule has 1 aromatic rings. The molecule has 2 fully saturated rings. The number of H-pyrrole nitrogens is 1. The lowest BCUT2D eigenvalue weighted by Gasteiger charge is -2.39. The van der Waals surface area contributed by atoms with E-state index in [-0.39, 0.29) is 22.5 Å². The number of carboxylic acids is 1. The molecular weight excluding hydrogens is 338 g/mol. The molecule has 0 radical (unpaired) electrons. The first-order chi connectivity index (χ1) is 12.3. The van der Waals surface area contributed by atoms with Gasteiger partial charge in [-0.05, 0) is 24.7 Å². The molecule has 1 spiro atoms. The molecule has 0 saturated carbocycles. The molecule has 2 saturated heterocycles. The average Bonchev–Trinajstić information content (AvgIpc) is 2.93. The number of hydrogen-bond donors (Lipinski definition) is 2. The summed E-state index contributed by atoms with van der Waals surface area (Å²) in [5.74, 6) is -0.537. The molecule has 142 valence electrons. The van der Waals surface area contributed by atoms with E-state index < -0.39 is 12.0 Å². The molecule has 1 atom stereocenters. The van der Waals surface area contributed by atoms with Crippen LogP contribution in [-0.4, -0.2) is 64.6 Å². The van der Waals surface area contributed by atoms with Crippen molar-refractivity contribution in [1.29, 1.82) is 0 Å². The fraction of sp³-hybridized carbons (Fsp3) is 0.611. The smallest absolute Gasteiger partial charge is 0.320 e. The van der Waals surface area contributed by atoms with Crippen molar-refractivity contribution >= 4 is 11.9 Å². The Hall–Kier alpha value is -2.35. The van der Waals surface area contributed by atoms with E-state index in [1.54, 1.807) is 6.92 Å². The normalized spacial score (nSPS) is 22.5. The van der Waals surface area contributed by atoms with Gasteiger partial charge in [0.1, 0.15) is 6.04 Å². The Morgan fingerprint density at radius 1 is 1.38 bits per heavy atom. The van der Waals surface area contributed by atoms with E-state index in [4.69, 9.17) is 4.74 Å². The van der Waals surface area contributed by atoms with E-state index in [9.17, 15) is 19.5 Å². The van der Waals surface area contributed by atoms with Gasteiger partial charge in [0.2, 0.25) is 11.3 Å². The highest BCUT2D eigenvalue weighted by Gasteiger charge is 2.48. The SMILES string of the molecule is COc1c[nH]c(CN2CC3(CCN(C(C)=O)CC3)C[C@H]2C(=O)O)cc1=O. The maximum Gasteiger partial charge on any atom is 0.320 e. The van der Waals surface area contributed by atoms with Crippen LogP contribution < -0.4 is 10.2 Å². The second-order valence-corrected chi connectivity index (χ2v) is 7.36. The molecule has 3 rings (SSSR count). The van der Waals surface area contributed by atoms with Gasteiger partial charge >= 0.3 is 5.97 Å². The molecule has 26 heavy (non-hydrogen) atoms. The average molecular weight is 363 g/mol. The van der Waals surface area contributed by atoms with Gasteiger partial charge in [0.25, 0.3) is 0 Å². The van der Waals surface area contributed by atoms with Crippen molar-refractivity contribution in [3.8, 4) is 5.75 Å². The van der Waals surface area contributed by atoms with Crippen LogP contribution in [0.1, 0.15) is 31.9 Å². The summed E-state index contributed by atoms with van der Waals surface area (Å²) in [6, 6.07) is 0.880. The number of aromatic amines is 1. The molecule has 0 aromatic carbocycles. The first-order valence-corrected chi connectivity index (χ1v) is 8.81. The molecule has 1 aromatic heterocycles. The summed E-state index contributed by atoms with van der Waals surface area (Å²) in [6.07, 6.45) is 3.71. The van der Waals surface area contributed by atoms with Gasteiger partial charge in [0, 0.05) is 51.1 Å². The van der Waals surface area contributed by atoms with Gasteiger partial charge in [-0.25, -0.2) is 0 Å². The van der Waals surface area contributed by atoms with Crippen LogP contribution in [0.25, 0.3) is 0 Å². The maximum absolute atomic E-state index is 11.9. The number of aromatic nitrogens is 1. The Kier molecular flexibility index (Phi) is 5.04. The lowest BCUT2D eigenvalue weighted by molar-refractivity contribution is -0.142. The Labute approximate surface area is 151 Å². The minimum atomic E-state index is -0.841. The summed E-state index contributed by atoms with van der Waals surface area (Å²) in [6.45, 7) is 3.95. The number of pyridine rings is 1. The summed E-state index contributed by atoms with van der Waals surface area (Å²) in [5, 5.41) is 9.65. The third-order valence-electron chi connectivity index (χ3n) is 5.69. The number of amides is 1. The van der Waals surface area contributed by atoms with Crippen LogP contribution in [0.2, 0.25) is 0 Å². The van der Waals surface area contributed by atoms with Gasteiger partial charge in [0.05, 0.1) is 7.11 Å². The van der Waals surface area contributed by atoms with Crippen LogP contribution in [0.3, 0.4) is 0 Å². The van der Waals surface area contributed by atoms with Crippen molar-refractivity contribution in [3.63, 3.8) is 0 Å². The van der Waals surface area contributed by atoms with Crippen molar-refractivity contribution in [2.45, 2.75) is 38.8 Å². The van der Waals surface area contributed by atoms with Gasteiger partial charge in [-0.2, -0.15) is 0 Å². The lowest BCUT2D eigenvalue weighted by Crippen LogP contribution is -2.43. The monoisotopic (exact) mass is 363 g/mol. The van der Waals surface area contributed by atoms with Gasteiger partial charge in [0.15, 0.2) is 5.75 Å². The predicted octanol–water partition coefficient (Wildman–Crippen LogP) is 0.671. The number of ether oxygens (including phenoxy) is 1. The molecule has 3 heterocycles. The fourth-order valence-electron chi connectivity index (χ4n) is 4.18. The summed E-state index contributed by atoms with van der Waals surface area (Å²) in [4.78, 5) is 42.0. The number of carbonyl (C=O) groups is 2. The van der Waals surface area contributed by atoms with E-state index in [1.165, 1.54) is 19.4 Å². The quantitative estimate of drug-likeness (QED) is 0.815.